The lowest BCUT2D eigenvalue weighted by atomic mass is 10.1. The smallest absolute Gasteiger partial charge is 0.266 e. The van der Waals surface area contributed by atoms with E-state index in [0.717, 1.165) is 11.1 Å². The number of aryl methyl sites for hydroxylation is 1. The van der Waals surface area contributed by atoms with Crippen molar-refractivity contribution in [1.82, 2.24) is 0 Å². The number of nitrogens with zero attached hydrogens (tertiary/aromatic N) is 1. The molecule has 0 aliphatic heterocycles. The van der Waals surface area contributed by atoms with Gasteiger partial charge in [-0.15, -0.1) is 0 Å². The maximum absolute atomic E-state index is 13.1. The molecular formula is C25H21FN2O3. The maximum atomic E-state index is 13.1. The molecule has 6 heteroatoms. The van der Waals surface area contributed by atoms with Gasteiger partial charge in [-0.3, -0.25) is 4.79 Å². The highest BCUT2D eigenvalue weighted by molar-refractivity contribution is 6.09. The number of carbonyl (C=O) groups is 1. The second-order valence-electron chi connectivity index (χ2n) is 6.81. The average Bonchev–Trinajstić information content (AvgIpc) is 2.78. The molecule has 0 aromatic heterocycles. The number of anilines is 1. The number of ether oxygens (including phenoxy) is 2. The summed E-state index contributed by atoms with van der Waals surface area (Å²) in [7, 11) is 1.55. The second-order valence-corrected chi connectivity index (χ2v) is 6.81. The predicted octanol–water partition coefficient (Wildman–Crippen LogP) is 5.27. The van der Waals surface area contributed by atoms with Crippen molar-refractivity contribution < 1.29 is 18.7 Å². The van der Waals surface area contributed by atoms with Crippen molar-refractivity contribution in [2.45, 2.75) is 13.5 Å². The van der Waals surface area contributed by atoms with Crippen LogP contribution in [-0.2, 0) is 11.4 Å². The van der Waals surface area contributed by atoms with Crippen LogP contribution in [0.5, 0.6) is 11.5 Å². The molecule has 0 radical (unpaired) electrons. The first kappa shape index (κ1) is 21.6. The number of rotatable bonds is 7. The van der Waals surface area contributed by atoms with Gasteiger partial charge in [0.2, 0.25) is 0 Å². The molecule has 0 saturated carbocycles. The van der Waals surface area contributed by atoms with E-state index in [2.05, 4.69) is 5.32 Å². The molecule has 3 aromatic carbocycles. The van der Waals surface area contributed by atoms with Gasteiger partial charge < -0.3 is 14.8 Å². The fourth-order valence-corrected chi connectivity index (χ4v) is 2.88. The third kappa shape index (κ3) is 5.94. The highest BCUT2D eigenvalue weighted by Gasteiger charge is 2.13. The Morgan fingerprint density at radius 2 is 1.90 bits per heavy atom. The van der Waals surface area contributed by atoms with Crippen molar-refractivity contribution >= 4 is 17.7 Å². The number of nitriles is 1. The number of amides is 1. The summed E-state index contributed by atoms with van der Waals surface area (Å²) in [6.07, 6.45) is 1.45. The van der Waals surface area contributed by atoms with Gasteiger partial charge in [0.25, 0.3) is 5.91 Å². The standard InChI is InChI=1S/C25H21FN2O3/c1-17-4-3-5-18(12-17)16-31-24-14-23(30-2)11-6-19(24)13-20(15-27)25(29)28-22-9-7-21(26)8-10-22/h3-14H,16H2,1-2H3,(H,28,29)/b20-13+. The van der Waals surface area contributed by atoms with Gasteiger partial charge in [-0.2, -0.15) is 5.26 Å². The summed E-state index contributed by atoms with van der Waals surface area (Å²) in [4.78, 5) is 12.5. The van der Waals surface area contributed by atoms with Gasteiger partial charge in [-0.05, 0) is 55.0 Å². The normalized spacial score (nSPS) is 10.8. The number of carbonyl (C=O) groups excluding carboxylic acids is 1. The van der Waals surface area contributed by atoms with Crippen molar-refractivity contribution in [2.75, 3.05) is 12.4 Å². The molecule has 0 aliphatic carbocycles. The fourth-order valence-electron chi connectivity index (χ4n) is 2.88. The number of methoxy groups -OCH3 is 1. The molecule has 1 N–H and O–H groups in total. The Bertz CT molecular complexity index is 1150. The summed E-state index contributed by atoms with van der Waals surface area (Å²) in [6, 6.07) is 20.3. The van der Waals surface area contributed by atoms with E-state index < -0.39 is 11.7 Å². The van der Waals surface area contributed by atoms with E-state index in [0.29, 0.717) is 29.4 Å². The van der Waals surface area contributed by atoms with Crippen molar-refractivity contribution in [1.29, 1.82) is 5.26 Å². The van der Waals surface area contributed by atoms with Crippen LogP contribution in [-0.4, -0.2) is 13.0 Å². The third-order valence-corrected chi connectivity index (χ3v) is 4.46. The number of halogens is 1. The quantitative estimate of drug-likeness (QED) is 0.421. The minimum Gasteiger partial charge on any atom is -0.497 e. The Balaban J connectivity index is 1.85. The van der Waals surface area contributed by atoms with Crippen molar-refractivity contribution in [3.63, 3.8) is 0 Å². The van der Waals surface area contributed by atoms with Gasteiger partial charge in [0, 0.05) is 17.3 Å². The van der Waals surface area contributed by atoms with E-state index in [1.165, 1.54) is 30.3 Å². The molecule has 1 amide bonds. The van der Waals surface area contributed by atoms with Crippen LogP contribution < -0.4 is 14.8 Å². The molecule has 0 saturated heterocycles. The van der Waals surface area contributed by atoms with Crippen LogP contribution in [0.1, 0.15) is 16.7 Å². The van der Waals surface area contributed by atoms with Gasteiger partial charge >= 0.3 is 0 Å². The van der Waals surface area contributed by atoms with E-state index in [1.54, 1.807) is 25.3 Å². The molecule has 0 aliphatic rings. The molecule has 5 nitrogen and oxygen atoms in total. The molecule has 3 aromatic rings. The lowest BCUT2D eigenvalue weighted by Crippen LogP contribution is -2.13. The predicted molar refractivity (Wildman–Crippen MR) is 117 cm³/mol. The maximum Gasteiger partial charge on any atom is 0.266 e. The summed E-state index contributed by atoms with van der Waals surface area (Å²) >= 11 is 0. The molecule has 0 heterocycles. The van der Waals surface area contributed by atoms with Gasteiger partial charge in [-0.25, -0.2) is 4.39 Å². The van der Waals surface area contributed by atoms with Gasteiger partial charge in [0.15, 0.2) is 0 Å². The topological polar surface area (TPSA) is 71.3 Å². The van der Waals surface area contributed by atoms with Crippen LogP contribution in [0.2, 0.25) is 0 Å². The minimum absolute atomic E-state index is 0.116. The molecule has 0 unspecified atom stereocenters. The van der Waals surface area contributed by atoms with E-state index >= 15 is 0 Å². The Morgan fingerprint density at radius 1 is 1.13 bits per heavy atom. The minimum atomic E-state index is -0.602. The largest absolute Gasteiger partial charge is 0.497 e. The Kier molecular flexibility index (Phi) is 7.02. The molecule has 0 fully saturated rings. The van der Waals surface area contributed by atoms with Crippen LogP contribution >= 0.6 is 0 Å². The molecule has 31 heavy (non-hydrogen) atoms. The van der Waals surface area contributed by atoms with Crippen LogP contribution in [0, 0.1) is 24.1 Å². The molecule has 0 bridgehead atoms. The summed E-state index contributed by atoms with van der Waals surface area (Å²) in [6.45, 7) is 2.32. The zero-order chi connectivity index (χ0) is 22.2. The van der Waals surface area contributed by atoms with Crippen molar-refractivity contribution in [3.05, 3.63) is 94.8 Å². The number of nitrogens with one attached hydrogen (secondary N) is 1. The van der Waals surface area contributed by atoms with Crippen molar-refractivity contribution in [3.8, 4) is 17.6 Å². The summed E-state index contributed by atoms with van der Waals surface area (Å²) < 4.78 is 24.3. The van der Waals surface area contributed by atoms with Gasteiger partial charge in [0.1, 0.15) is 35.6 Å². The number of benzene rings is 3. The van der Waals surface area contributed by atoms with Crippen LogP contribution in [0.3, 0.4) is 0 Å². The highest BCUT2D eigenvalue weighted by atomic mass is 19.1. The first-order valence-corrected chi connectivity index (χ1v) is 9.53. The van der Waals surface area contributed by atoms with Gasteiger partial charge in [-0.1, -0.05) is 29.8 Å². The van der Waals surface area contributed by atoms with E-state index in [4.69, 9.17) is 9.47 Å². The summed E-state index contributed by atoms with van der Waals surface area (Å²) in [5, 5.41) is 12.1. The van der Waals surface area contributed by atoms with Crippen LogP contribution in [0.15, 0.2) is 72.3 Å². The average molecular weight is 416 g/mol. The van der Waals surface area contributed by atoms with E-state index in [-0.39, 0.29) is 5.57 Å². The van der Waals surface area contributed by atoms with E-state index in [9.17, 15) is 14.4 Å². The first-order chi connectivity index (χ1) is 15.0. The fraction of sp³-hybridized carbons (Fsp3) is 0.120. The third-order valence-electron chi connectivity index (χ3n) is 4.46. The molecule has 156 valence electrons. The summed E-state index contributed by atoms with van der Waals surface area (Å²) in [5.41, 5.74) is 2.94. The Hall–Kier alpha value is -4.11. The zero-order valence-corrected chi connectivity index (χ0v) is 17.2. The lowest BCUT2D eigenvalue weighted by Gasteiger charge is -2.12. The SMILES string of the molecule is COc1ccc(/C=C(\C#N)C(=O)Nc2ccc(F)cc2)c(OCc2cccc(C)c2)c1. The lowest BCUT2D eigenvalue weighted by molar-refractivity contribution is -0.112. The molecule has 3 rings (SSSR count). The Morgan fingerprint density at radius 3 is 2.58 bits per heavy atom. The first-order valence-electron chi connectivity index (χ1n) is 9.53. The van der Waals surface area contributed by atoms with Crippen LogP contribution in [0.4, 0.5) is 10.1 Å². The zero-order valence-electron chi connectivity index (χ0n) is 17.2. The number of hydrogen-bond donors (Lipinski definition) is 1. The molecule has 0 spiro atoms. The Labute approximate surface area is 180 Å². The monoisotopic (exact) mass is 416 g/mol. The molecular weight excluding hydrogens is 395 g/mol. The molecule has 0 atom stereocenters. The highest BCUT2D eigenvalue weighted by Crippen LogP contribution is 2.28. The van der Waals surface area contributed by atoms with Crippen molar-refractivity contribution in [2.24, 2.45) is 0 Å². The van der Waals surface area contributed by atoms with Crippen LogP contribution in [0.25, 0.3) is 6.08 Å². The summed E-state index contributed by atoms with van der Waals surface area (Å²) in [5.74, 6) is 0.0473. The van der Waals surface area contributed by atoms with E-state index in [1.807, 2.05) is 37.3 Å². The van der Waals surface area contributed by atoms with Gasteiger partial charge in [0.05, 0.1) is 7.11 Å². The second kappa shape index (κ2) is 10.1. The number of hydrogen-bond acceptors (Lipinski definition) is 4.